The van der Waals surface area contributed by atoms with Crippen LogP contribution in [0.4, 0.5) is 11.5 Å². The number of benzene rings is 1. The van der Waals surface area contributed by atoms with Gasteiger partial charge in [0.05, 0.1) is 16.8 Å². The Morgan fingerprint density at radius 1 is 1.26 bits per heavy atom. The van der Waals surface area contributed by atoms with Gasteiger partial charge in [-0.05, 0) is 44.0 Å². The molecule has 0 aliphatic carbocycles. The molecule has 0 saturated heterocycles. The first kappa shape index (κ1) is 20.7. The topological polar surface area (TPSA) is 99.6 Å². The molecule has 0 unspecified atom stereocenters. The van der Waals surface area contributed by atoms with Crippen LogP contribution >= 0.6 is 0 Å². The predicted molar refractivity (Wildman–Crippen MR) is 106 cm³/mol. The number of carbonyl (C=O) groups is 1. The molecular formula is C19H25N3O4S. The molecule has 0 saturated carbocycles. The largest absolute Gasteiger partial charge is 0.478 e. The van der Waals surface area contributed by atoms with Gasteiger partial charge in [0, 0.05) is 13.1 Å². The second-order valence-corrected chi connectivity index (χ2v) is 7.94. The number of aryl methyl sites for hydroxylation is 1. The number of rotatable bonds is 9. The zero-order valence-electron chi connectivity index (χ0n) is 15.8. The number of carboxylic acid groups (broad SMARTS) is 1. The first-order valence-corrected chi connectivity index (χ1v) is 10.3. The predicted octanol–water partition coefficient (Wildman–Crippen LogP) is 3.52. The van der Waals surface area contributed by atoms with Crippen molar-refractivity contribution in [3.8, 4) is 0 Å². The molecule has 0 atom stereocenters. The van der Waals surface area contributed by atoms with Crippen molar-refractivity contribution in [2.24, 2.45) is 0 Å². The highest BCUT2D eigenvalue weighted by molar-refractivity contribution is 7.92. The Kier molecular flexibility index (Phi) is 6.79. The van der Waals surface area contributed by atoms with Gasteiger partial charge in [0.1, 0.15) is 11.4 Å². The molecule has 0 amide bonds. The second-order valence-electron chi connectivity index (χ2n) is 6.26. The first-order valence-electron chi connectivity index (χ1n) is 8.86. The normalized spacial score (nSPS) is 11.2. The number of unbranched alkanes of at least 4 members (excludes halogenated alkanes) is 1. The SMILES string of the molecule is CCCCN(CC)c1ncc(NS(=O)(=O)c2cccc(C)c2)cc1C(=O)O. The summed E-state index contributed by atoms with van der Waals surface area (Å²) in [6.45, 7) is 7.09. The third-order valence-corrected chi connectivity index (χ3v) is 5.49. The van der Waals surface area contributed by atoms with Gasteiger partial charge in [0.15, 0.2) is 0 Å². The van der Waals surface area contributed by atoms with Gasteiger partial charge >= 0.3 is 5.97 Å². The van der Waals surface area contributed by atoms with Gasteiger partial charge < -0.3 is 10.0 Å². The summed E-state index contributed by atoms with van der Waals surface area (Å²) >= 11 is 0. The van der Waals surface area contributed by atoms with Gasteiger partial charge in [0.2, 0.25) is 0 Å². The van der Waals surface area contributed by atoms with Crippen molar-refractivity contribution in [3.63, 3.8) is 0 Å². The summed E-state index contributed by atoms with van der Waals surface area (Å²) in [6.07, 6.45) is 3.24. The van der Waals surface area contributed by atoms with Crippen LogP contribution in [-0.2, 0) is 10.0 Å². The van der Waals surface area contributed by atoms with Crippen LogP contribution in [0.2, 0.25) is 0 Å². The fraction of sp³-hybridized carbons (Fsp3) is 0.368. The van der Waals surface area contributed by atoms with Crippen molar-refractivity contribution in [2.75, 3.05) is 22.7 Å². The first-order chi connectivity index (χ1) is 12.8. The Bertz CT molecular complexity index is 913. The lowest BCUT2D eigenvalue weighted by atomic mass is 10.2. The lowest BCUT2D eigenvalue weighted by Crippen LogP contribution is -2.27. The van der Waals surface area contributed by atoms with Gasteiger partial charge in [-0.2, -0.15) is 0 Å². The minimum absolute atomic E-state index is 0.0302. The number of aromatic carboxylic acids is 1. The third kappa shape index (κ3) is 5.19. The van der Waals surface area contributed by atoms with Crippen LogP contribution < -0.4 is 9.62 Å². The molecular weight excluding hydrogens is 366 g/mol. The van der Waals surface area contributed by atoms with Crippen molar-refractivity contribution in [1.29, 1.82) is 0 Å². The van der Waals surface area contributed by atoms with Gasteiger partial charge in [0.25, 0.3) is 10.0 Å². The molecule has 8 heteroatoms. The van der Waals surface area contributed by atoms with Crippen LogP contribution in [0.5, 0.6) is 0 Å². The molecule has 0 aliphatic heterocycles. The highest BCUT2D eigenvalue weighted by atomic mass is 32.2. The summed E-state index contributed by atoms with van der Waals surface area (Å²) in [5.74, 6) is -0.805. The number of anilines is 2. The molecule has 2 rings (SSSR count). The van der Waals surface area contributed by atoms with Crippen molar-refractivity contribution in [2.45, 2.75) is 38.5 Å². The van der Waals surface area contributed by atoms with E-state index in [0.29, 0.717) is 18.9 Å². The standard InChI is InChI=1S/C19H25N3O4S/c1-4-6-10-22(5-2)18-17(19(23)24)12-15(13-20-18)21-27(25,26)16-9-7-8-14(3)11-16/h7-9,11-13,21H,4-6,10H2,1-3H3,(H,23,24). The molecule has 0 bridgehead atoms. The minimum atomic E-state index is -3.83. The molecule has 146 valence electrons. The highest BCUT2D eigenvalue weighted by Gasteiger charge is 2.20. The van der Waals surface area contributed by atoms with Crippen LogP contribution in [0, 0.1) is 6.92 Å². The number of aromatic nitrogens is 1. The van der Waals surface area contributed by atoms with Crippen molar-refractivity contribution in [3.05, 3.63) is 47.7 Å². The van der Waals surface area contributed by atoms with E-state index < -0.39 is 16.0 Å². The Hall–Kier alpha value is -2.61. The number of hydrogen-bond acceptors (Lipinski definition) is 5. The zero-order chi connectivity index (χ0) is 20.0. The molecule has 0 radical (unpaired) electrons. The molecule has 2 aromatic rings. The molecule has 2 N–H and O–H groups in total. The number of pyridine rings is 1. The lowest BCUT2D eigenvalue weighted by Gasteiger charge is -2.23. The molecule has 0 spiro atoms. The summed E-state index contributed by atoms with van der Waals surface area (Å²) in [5, 5.41) is 9.57. The average Bonchev–Trinajstić information content (AvgIpc) is 2.62. The minimum Gasteiger partial charge on any atom is -0.478 e. The number of nitrogens with one attached hydrogen (secondary N) is 1. The van der Waals surface area contributed by atoms with Crippen molar-refractivity contribution < 1.29 is 18.3 Å². The van der Waals surface area contributed by atoms with E-state index in [-0.39, 0.29) is 16.1 Å². The fourth-order valence-electron chi connectivity index (χ4n) is 2.68. The van der Waals surface area contributed by atoms with E-state index in [4.69, 9.17) is 0 Å². The van der Waals surface area contributed by atoms with Crippen LogP contribution in [-0.4, -0.2) is 37.6 Å². The Morgan fingerprint density at radius 2 is 2.00 bits per heavy atom. The molecule has 1 aromatic carbocycles. The summed E-state index contributed by atoms with van der Waals surface area (Å²) in [7, 11) is -3.83. The van der Waals surface area contributed by atoms with Crippen LogP contribution in [0.15, 0.2) is 41.4 Å². The van der Waals surface area contributed by atoms with E-state index in [0.717, 1.165) is 18.4 Å². The summed E-state index contributed by atoms with van der Waals surface area (Å²) in [5.41, 5.74) is 0.897. The van der Waals surface area contributed by atoms with E-state index in [9.17, 15) is 18.3 Å². The average molecular weight is 391 g/mol. The Balaban J connectivity index is 2.36. The maximum Gasteiger partial charge on any atom is 0.339 e. The van der Waals surface area contributed by atoms with Gasteiger partial charge in [-0.25, -0.2) is 18.2 Å². The lowest BCUT2D eigenvalue weighted by molar-refractivity contribution is 0.0697. The van der Waals surface area contributed by atoms with E-state index >= 15 is 0 Å². The van der Waals surface area contributed by atoms with Crippen LogP contribution in [0.3, 0.4) is 0 Å². The van der Waals surface area contributed by atoms with Crippen molar-refractivity contribution >= 4 is 27.5 Å². The molecule has 7 nitrogen and oxygen atoms in total. The van der Waals surface area contributed by atoms with Crippen molar-refractivity contribution in [1.82, 2.24) is 4.98 Å². The smallest absolute Gasteiger partial charge is 0.339 e. The van der Waals surface area contributed by atoms with E-state index in [1.54, 1.807) is 25.1 Å². The quantitative estimate of drug-likeness (QED) is 0.678. The third-order valence-electron chi connectivity index (χ3n) is 4.11. The maximum atomic E-state index is 12.6. The summed E-state index contributed by atoms with van der Waals surface area (Å²) < 4.78 is 27.5. The highest BCUT2D eigenvalue weighted by Crippen LogP contribution is 2.24. The van der Waals surface area contributed by atoms with Crippen LogP contribution in [0.1, 0.15) is 42.6 Å². The Morgan fingerprint density at radius 3 is 2.59 bits per heavy atom. The van der Waals surface area contributed by atoms with E-state index in [1.807, 2.05) is 11.8 Å². The molecule has 1 heterocycles. The Labute approximate surface area is 160 Å². The molecule has 1 aromatic heterocycles. The van der Waals surface area contributed by atoms with Gasteiger partial charge in [-0.3, -0.25) is 4.72 Å². The van der Waals surface area contributed by atoms with Crippen LogP contribution in [0.25, 0.3) is 0 Å². The maximum absolute atomic E-state index is 12.6. The summed E-state index contributed by atoms with van der Waals surface area (Å²) in [6, 6.07) is 7.80. The molecule has 0 fully saturated rings. The molecule has 27 heavy (non-hydrogen) atoms. The zero-order valence-corrected chi connectivity index (χ0v) is 16.6. The number of carboxylic acids is 1. The van der Waals surface area contributed by atoms with Gasteiger partial charge in [-0.1, -0.05) is 25.5 Å². The summed E-state index contributed by atoms with van der Waals surface area (Å²) in [4.78, 5) is 17.9. The van der Waals surface area contributed by atoms with E-state index in [1.165, 1.54) is 18.3 Å². The van der Waals surface area contributed by atoms with E-state index in [2.05, 4.69) is 16.6 Å². The fourth-order valence-corrected chi connectivity index (χ4v) is 3.82. The monoisotopic (exact) mass is 391 g/mol. The van der Waals surface area contributed by atoms with Gasteiger partial charge in [-0.15, -0.1) is 0 Å². The second kappa shape index (κ2) is 8.85. The number of hydrogen-bond donors (Lipinski definition) is 2. The molecule has 0 aliphatic rings. The number of nitrogens with zero attached hydrogens (tertiary/aromatic N) is 2. The number of sulfonamides is 1.